The SMILES string of the molecule is CCCC(CS)(CCC)CN1CCCC(C(C)(C)C)CC1. The summed E-state index contributed by atoms with van der Waals surface area (Å²) in [5.41, 5.74) is 0.928. The smallest absolute Gasteiger partial charge is 0.00458 e. The molecule has 0 aliphatic carbocycles. The van der Waals surface area contributed by atoms with Crippen LogP contribution in [0.2, 0.25) is 0 Å². The van der Waals surface area contributed by atoms with Gasteiger partial charge in [-0.3, -0.25) is 0 Å². The van der Waals surface area contributed by atoms with E-state index in [0.29, 0.717) is 10.8 Å². The van der Waals surface area contributed by atoms with Crippen molar-refractivity contribution in [2.75, 3.05) is 25.4 Å². The Hall–Kier alpha value is 0.310. The molecule has 2 heteroatoms. The van der Waals surface area contributed by atoms with Crippen LogP contribution in [0.5, 0.6) is 0 Å². The molecule has 1 atom stereocenters. The van der Waals surface area contributed by atoms with Crippen LogP contribution in [0, 0.1) is 16.7 Å². The lowest BCUT2D eigenvalue weighted by molar-refractivity contribution is 0.143. The molecule has 0 radical (unpaired) electrons. The normalized spacial score (nSPS) is 22.3. The maximum absolute atomic E-state index is 4.73. The van der Waals surface area contributed by atoms with Gasteiger partial charge in [0.05, 0.1) is 0 Å². The molecule has 0 aromatic rings. The average Bonchev–Trinajstić information content (AvgIpc) is 2.64. The minimum absolute atomic E-state index is 0.453. The van der Waals surface area contributed by atoms with Gasteiger partial charge in [-0.2, -0.15) is 12.6 Å². The van der Waals surface area contributed by atoms with Crippen LogP contribution in [0.15, 0.2) is 0 Å². The zero-order valence-electron chi connectivity index (χ0n) is 15.2. The van der Waals surface area contributed by atoms with E-state index in [0.717, 1.165) is 11.7 Å². The van der Waals surface area contributed by atoms with Crippen molar-refractivity contribution in [3.05, 3.63) is 0 Å². The number of rotatable bonds is 7. The first-order valence-corrected chi connectivity index (χ1v) is 9.83. The third kappa shape index (κ3) is 6.14. The largest absolute Gasteiger partial charge is 0.303 e. The molecule has 0 aromatic heterocycles. The van der Waals surface area contributed by atoms with E-state index in [1.165, 1.54) is 64.6 Å². The van der Waals surface area contributed by atoms with Crippen molar-refractivity contribution in [2.45, 2.75) is 79.6 Å². The summed E-state index contributed by atoms with van der Waals surface area (Å²) in [7, 11) is 0. The minimum atomic E-state index is 0.453. The summed E-state index contributed by atoms with van der Waals surface area (Å²) >= 11 is 4.73. The fourth-order valence-electron chi connectivity index (χ4n) is 4.21. The maximum atomic E-state index is 4.73. The minimum Gasteiger partial charge on any atom is -0.303 e. The van der Waals surface area contributed by atoms with Crippen LogP contribution in [-0.4, -0.2) is 30.3 Å². The molecule has 1 nitrogen and oxygen atoms in total. The number of likely N-dealkylation sites (tertiary alicyclic amines) is 1. The molecule has 0 saturated carbocycles. The molecular formula is C19H39NS. The fourth-order valence-corrected chi connectivity index (χ4v) is 4.62. The number of nitrogens with zero attached hydrogens (tertiary/aromatic N) is 1. The molecule has 1 unspecified atom stereocenters. The molecule has 21 heavy (non-hydrogen) atoms. The van der Waals surface area contributed by atoms with Crippen molar-refractivity contribution >= 4 is 12.6 Å². The molecule has 0 spiro atoms. The summed E-state index contributed by atoms with van der Waals surface area (Å²) in [6.07, 6.45) is 9.42. The standard InChI is InChI=1S/C19H39NS/c1-6-11-19(16-21,12-7-2)15-20-13-8-9-17(10-14-20)18(3,4)5/h17,21H,6-16H2,1-5H3. The lowest BCUT2D eigenvalue weighted by atomic mass is 9.76. The van der Waals surface area contributed by atoms with E-state index in [9.17, 15) is 0 Å². The second-order valence-corrected chi connectivity index (χ2v) is 8.74. The highest BCUT2D eigenvalue weighted by molar-refractivity contribution is 7.80. The highest BCUT2D eigenvalue weighted by Gasteiger charge is 2.32. The van der Waals surface area contributed by atoms with Gasteiger partial charge in [0.15, 0.2) is 0 Å². The Morgan fingerprint density at radius 2 is 1.62 bits per heavy atom. The lowest BCUT2D eigenvalue weighted by Crippen LogP contribution is -2.40. The van der Waals surface area contributed by atoms with Crippen molar-refractivity contribution in [1.29, 1.82) is 0 Å². The van der Waals surface area contributed by atoms with Crippen molar-refractivity contribution in [1.82, 2.24) is 4.90 Å². The van der Waals surface area contributed by atoms with Crippen molar-refractivity contribution < 1.29 is 0 Å². The maximum Gasteiger partial charge on any atom is 0.00458 e. The van der Waals surface area contributed by atoms with E-state index in [1.54, 1.807) is 0 Å². The molecule has 126 valence electrons. The molecular weight excluding hydrogens is 274 g/mol. The highest BCUT2D eigenvalue weighted by atomic mass is 32.1. The van der Waals surface area contributed by atoms with Crippen LogP contribution in [0.25, 0.3) is 0 Å². The summed E-state index contributed by atoms with van der Waals surface area (Å²) < 4.78 is 0. The number of hydrogen-bond donors (Lipinski definition) is 1. The van der Waals surface area contributed by atoms with Crippen LogP contribution in [-0.2, 0) is 0 Å². The van der Waals surface area contributed by atoms with E-state index in [2.05, 4.69) is 39.5 Å². The van der Waals surface area contributed by atoms with Crippen molar-refractivity contribution in [3.63, 3.8) is 0 Å². The van der Waals surface area contributed by atoms with E-state index in [4.69, 9.17) is 12.6 Å². The van der Waals surface area contributed by atoms with Gasteiger partial charge in [-0.25, -0.2) is 0 Å². The van der Waals surface area contributed by atoms with Crippen LogP contribution in [0.4, 0.5) is 0 Å². The van der Waals surface area contributed by atoms with Gasteiger partial charge in [0.1, 0.15) is 0 Å². The van der Waals surface area contributed by atoms with Gasteiger partial charge >= 0.3 is 0 Å². The Morgan fingerprint density at radius 3 is 2.10 bits per heavy atom. The third-order valence-electron chi connectivity index (χ3n) is 5.50. The fraction of sp³-hybridized carbons (Fsp3) is 1.00. The van der Waals surface area contributed by atoms with Gasteiger partial charge in [0.25, 0.3) is 0 Å². The Kier molecular flexibility index (Phi) is 8.13. The van der Waals surface area contributed by atoms with Gasteiger partial charge in [0.2, 0.25) is 0 Å². The van der Waals surface area contributed by atoms with Crippen LogP contribution in [0.1, 0.15) is 79.6 Å². The first-order chi connectivity index (χ1) is 9.87. The van der Waals surface area contributed by atoms with E-state index in [1.807, 2.05) is 0 Å². The van der Waals surface area contributed by atoms with Crippen LogP contribution < -0.4 is 0 Å². The second-order valence-electron chi connectivity index (χ2n) is 8.43. The zero-order chi connectivity index (χ0) is 15.9. The Balaban J connectivity index is 2.64. The van der Waals surface area contributed by atoms with E-state index < -0.39 is 0 Å². The number of hydrogen-bond acceptors (Lipinski definition) is 2. The highest BCUT2D eigenvalue weighted by Crippen LogP contribution is 2.37. The predicted molar refractivity (Wildman–Crippen MR) is 99.3 cm³/mol. The van der Waals surface area contributed by atoms with Crippen molar-refractivity contribution in [3.8, 4) is 0 Å². The second kappa shape index (κ2) is 8.82. The Labute approximate surface area is 139 Å². The van der Waals surface area contributed by atoms with Crippen LogP contribution >= 0.6 is 12.6 Å². The predicted octanol–water partition coefficient (Wildman–Crippen LogP) is 5.65. The molecule has 0 aromatic carbocycles. The van der Waals surface area contributed by atoms with E-state index in [-0.39, 0.29) is 0 Å². The summed E-state index contributed by atoms with van der Waals surface area (Å²) in [5.74, 6) is 1.94. The number of thiol groups is 1. The zero-order valence-corrected chi connectivity index (χ0v) is 16.1. The van der Waals surface area contributed by atoms with Gasteiger partial charge in [-0.15, -0.1) is 0 Å². The first kappa shape index (κ1) is 19.4. The molecule has 1 fully saturated rings. The van der Waals surface area contributed by atoms with Gasteiger partial charge in [-0.05, 0) is 67.7 Å². The third-order valence-corrected chi connectivity index (χ3v) is 6.17. The molecule has 0 N–H and O–H groups in total. The molecule has 1 aliphatic heterocycles. The van der Waals surface area contributed by atoms with Crippen LogP contribution in [0.3, 0.4) is 0 Å². The molecule has 1 rings (SSSR count). The van der Waals surface area contributed by atoms with Gasteiger partial charge in [-0.1, -0.05) is 47.5 Å². The average molecular weight is 314 g/mol. The van der Waals surface area contributed by atoms with Gasteiger partial charge < -0.3 is 4.90 Å². The van der Waals surface area contributed by atoms with Gasteiger partial charge in [0, 0.05) is 6.54 Å². The topological polar surface area (TPSA) is 3.24 Å². The summed E-state index contributed by atoms with van der Waals surface area (Å²) in [6.45, 7) is 15.8. The Morgan fingerprint density at radius 1 is 1.00 bits per heavy atom. The molecule has 1 aliphatic rings. The van der Waals surface area contributed by atoms with Crippen molar-refractivity contribution in [2.24, 2.45) is 16.7 Å². The lowest BCUT2D eigenvalue weighted by Gasteiger charge is -2.37. The summed E-state index contributed by atoms with van der Waals surface area (Å²) in [6, 6.07) is 0. The molecule has 0 amide bonds. The molecule has 1 heterocycles. The quantitative estimate of drug-likeness (QED) is 0.594. The molecule has 1 saturated heterocycles. The van der Waals surface area contributed by atoms with E-state index >= 15 is 0 Å². The molecule has 0 bridgehead atoms. The summed E-state index contributed by atoms with van der Waals surface area (Å²) in [4.78, 5) is 2.76. The Bertz CT molecular complexity index is 276. The first-order valence-electron chi connectivity index (χ1n) is 9.20. The monoisotopic (exact) mass is 313 g/mol. The summed E-state index contributed by atoms with van der Waals surface area (Å²) in [5, 5.41) is 0.